The van der Waals surface area contributed by atoms with Gasteiger partial charge >= 0.3 is 6.09 Å². The topological polar surface area (TPSA) is 116 Å². The number of carbonyl (C=O) groups is 3. The van der Waals surface area contributed by atoms with Crippen LogP contribution in [-0.2, 0) is 14.3 Å². The van der Waals surface area contributed by atoms with Crippen molar-refractivity contribution < 1.29 is 19.1 Å². The van der Waals surface area contributed by atoms with Crippen LogP contribution in [0.5, 0.6) is 0 Å². The fourth-order valence-corrected chi connectivity index (χ4v) is 5.63. The fraction of sp³-hybridized carbons (Fsp3) is 0.310. The van der Waals surface area contributed by atoms with Crippen molar-refractivity contribution in [1.82, 2.24) is 14.9 Å². The van der Waals surface area contributed by atoms with Crippen molar-refractivity contribution in [3.05, 3.63) is 76.2 Å². The fourth-order valence-electron chi connectivity index (χ4n) is 5.19. The summed E-state index contributed by atoms with van der Waals surface area (Å²) in [5.74, 6) is 0.499. The molecule has 3 N–H and O–H groups in total. The van der Waals surface area contributed by atoms with E-state index >= 15 is 0 Å². The summed E-state index contributed by atoms with van der Waals surface area (Å²) in [7, 11) is 1.27. The number of fused-ring (bicyclic) bond motifs is 4. The van der Waals surface area contributed by atoms with E-state index in [0.717, 1.165) is 12.0 Å². The van der Waals surface area contributed by atoms with Gasteiger partial charge in [0, 0.05) is 35.7 Å². The molecule has 3 amide bonds. The highest BCUT2D eigenvalue weighted by molar-refractivity contribution is 6.32. The molecule has 2 aliphatic rings. The van der Waals surface area contributed by atoms with Crippen LogP contribution in [0.3, 0.4) is 0 Å². The smallest absolute Gasteiger partial charge is 0.411 e. The van der Waals surface area contributed by atoms with Crippen LogP contribution in [0.15, 0.2) is 54.6 Å². The standard InChI is InChI=1S/C29H29Cl2N5O4/c1-40-29(39)32-20-10-11-21-22(16-20)33-24(37)9-4-2-3-8-23(28-34-26(21)27(31)35-28)36-13-12-18(15-25(36)38)17-6-5-7-19(30)14-17/h2-3,5-7,10-11,14,16,18,23H,4,8-9,12-13,15H2,1H3,(H,32,39)(H,33,37)(H,34,35). The Morgan fingerprint density at radius 3 is 2.77 bits per heavy atom. The number of hydrogen-bond acceptors (Lipinski definition) is 5. The van der Waals surface area contributed by atoms with E-state index in [-0.39, 0.29) is 35.3 Å². The number of nitrogens with zero attached hydrogens (tertiary/aromatic N) is 2. The zero-order chi connectivity index (χ0) is 28.2. The van der Waals surface area contributed by atoms with Crippen molar-refractivity contribution >= 4 is 52.5 Å². The molecule has 2 atom stereocenters. The number of amides is 3. The van der Waals surface area contributed by atoms with Gasteiger partial charge in [-0.2, -0.15) is 0 Å². The highest BCUT2D eigenvalue weighted by Crippen LogP contribution is 2.39. The van der Waals surface area contributed by atoms with Gasteiger partial charge in [0.25, 0.3) is 0 Å². The Morgan fingerprint density at radius 2 is 2.00 bits per heavy atom. The van der Waals surface area contributed by atoms with Crippen molar-refractivity contribution in [3.8, 4) is 11.3 Å². The zero-order valence-corrected chi connectivity index (χ0v) is 23.4. The molecule has 5 rings (SSSR count). The Balaban J connectivity index is 1.47. The van der Waals surface area contributed by atoms with E-state index in [1.54, 1.807) is 18.2 Å². The van der Waals surface area contributed by atoms with Crippen LogP contribution in [0.1, 0.15) is 55.5 Å². The number of aromatic nitrogens is 2. The van der Waals surface area contributed by atoms with Gasteiger partial charge in [-0.15, -0.1) is 0 Å². The molecule has 0 spiro atoms. The maximum absolute atomic E-state index is 13.5. The van der Waals surface area contributed by atoms with Gasteiger partial charge in [-0.05, 0) is 61.1 Å². The molecule has 1 saturated heterocycles. The molecule has 3 aromatic rings. The average Bonchev–Trinajstić information content (AvgIpc) is 3.31. The molecule has 40 heavy (non-hydrogen) atoms. The average molecular weight is 582 g/mol. The molecule has 3 heterocycles. The van der Waals surface area contributed by atoms with Crippen LogP contribution in [-0.4, -0.2) is 46.4 Å². The monoisotopic (exact) mass is 581 g/mol. The number of carbonyl (C=O) groups excluding carboxylic acids is 3. The minimum atomic E-state index is -0.632. The number of anilines is 2. The Kier molecular flexibility index (Phi) is 8.42. The lowest BCUT2D eigenvalue weighted by Gasteiger charge is -2.36. The Bertz CT molecular complexity index is 1470. The van der Waals surface area contributed by atoms with E-state index in [1.807, 2.05) is 41.3 Å². The number of rotatable bonds is 3. The molecule has 0 aliphatic carbocycles. The Morgan fingerprint density at radius 1 is 1.15 bits per heavy atom. The first-order valence-electron chi connectivity index (χ1n) is 13.1. The van der Waals surface area contributed by atoms with Crippen molar-refractivity contribution in [2.45, 2.75) is 44.1 Å². The first-order valence-corrected chi connectivity index (χ1v) is 13.8. The van der Waals surface area contributed by atoms with E-state index in [4.69, 9.17) is 28.2 Å². The van der Waals surface area contributed by atoms with Crippen molar-refractivity contribution in [2.75, 3.05) is 24.3 Å². The summed E-state index contributed by atoms with van der Waals surface area (Å²) in [4.78, 5) is 47.8. The summed E-state index contributed by atoms with van der Waals surface area (Å²) in [5.41, 5.74) is 2.96. The van der Waals surface area contributed by atoms with Crippen LogP contribution in [0, 0.1) is 0 Å². The van der Waals surface area contributed by atoms with Gasteiger partial charge in [0.1, 0.15) is 16.7 Å². The number of allylic oxidation sites excluding steroid dienone is 1. The summed E-state index contributed by atoms with van der Waals surface area (Å²) < 4.78 is 4.68. The van der Waals surface area contributed by atoms with E-state index in [1.165, 1.54) is 7.11 Å². The Hall–Kier alpha value is -3.82. The minimum absolute atomic E-state index is 0.0313. The van der Waals surface area contributed by atoms with Crippen LogP contribution in [0.25, 0.3) is 11.3 Å². The summed E-state index contributed by atoms with van der Waals surface area (Å²) >= 11 is 12.9. The number of halogens is 2. The van der Waals surface area contributed by atoms with Crippen LogP contribution >= 0.6 is 23.2 Å². The molecule has 208 valence electrons. The number of benzene rings is 2. The number of ether oxygens (including phenoxy) is 1. The molecule has 9 nitrogen and oxygen atoms in total. The third kappa shape index (κ3) is 6.16. The number of likely N-dealkylation sites (tertiary alicyclic amines) is 1. The van der Waals surface area contributed by atoms with Crippen molar-refractivity contribution in [2.24, 2.45) is 0 Å². The first-order chi connectivity index (χ1) is 19.3. The number of piperidine rings is 1. The molecule has 2 aliphatic heterocycles. The predicted octanol–water partition coefficient (Wildman–Crippen LogP) is 6.69. The third-order valence-electron chi connectivity index (χ3n) is 7.19. The van der Waals surface area contributed by atoms with Gasteiger partial charge in [-0.25, -0.2) is 9.78 Å². The quantitative estimate of drug-likeness (QED) is 0.298. The van der Waals surface area contributed by atoms with E-state index in [0.29, 0.717) is 59.3 Å². The van der Waals surface area contributed by atoms with Gasteiger partial charge in [0.2, 0.25) is 11.8 Å². The van der Waals surface area contributed by atoms with Crippen LogP contribution in [0.4, 0.5) is 16.2 Å². The molecule has 0 radical (unpaired) electrons. The summed E-state index contributed by atoms with van der Waals surface area (Å²) in [5, 5.41) is 6.46. The van der Waals surface area contributed by atoms with Crippen molar-refractivity contribution in [3.63, 3.8) is 0 Å². The predicted molar refractivity (Wildman–Crippen MR) is 155 cm³/mol. The molecule has 0 saturated carbocycles. The summed E-state index contributed by atoms with van der Waals surface area (Å²) in [6.07, 6.45) is 5.77. The lowest BCUT2D eigenvalue weighted by atomic mass is 9.88. The largest absolute Gasteiger partial charge is 0.453 e. The molecule has 11 heteroatoms. The number of imidazole rings is 1. The molecule has 2 aromatic carbocycles. The van der Waals surface area contributed by atoms with Gasteiger partial charge < -0.3 is 19.9 Å². The second-order valence-electron chi connectivity index (χ2n) is 9.80. The lowest BCUT2D eigenvalue weighted by Crippen LogP contribution is -2.41. The number of H-pyrrole nitrogens is 1. The second kappa shape index (κ2) is 12.1. The van der Waals surface area contributed by atoms with Gasteiger partial charge in [0.05, 0.1) is 18.8 Å². The highest BCUT2D eigenvalue weighted by Gasteiger charge is 2.34. The summed E-state index contributed by atoms with van der Waals surface area (Å²) in [6, 6.07) is 12.3. The van der Waals surface area contributed by atoms with E-state index in [9.17, 15) is 14.4 Å². The molecule has 1 aromatic heterocycles. The maximum Gasteiger partial charge on any atom is 0.411 e. The van der Waals surface area contributed by atoms with Crippen LogP contribution in [0.2, 0.25) is 10.2 Å². The summed E-state index contributed by atoms with van der Waals surface area (Å²) in [6.45, 7) is 0.557. The molecule has 2 bridgehead atoms. The SMILES string of the molecule is COC(=O)Nc1ccc2c(c1)NC(=O)CCC=CCC(N1CCC(c3cccc(Cl)c3)CC1=O)c1nc-2c(Cl)[nH]1. The van der Waals surface area contributed by atoms with Gasteiger partial charge in [-0.1, -0.05) is 47.5 Å². The third-order valence-corrected chi connectivity index (χ3v) is 7.70. The maximum atomic E-state index is 13.5. The number of nitrogens with one attached hydrogen (secondary N) is 3. The van der Waals surface area contributed by atoms with Crippen LogP contribution < -0.4 is 10.6 Å². The van der Waals surface area contributed by atoms with Gasteiger partial charge in [-0.3, -0.25) is 14.9 Å². The number of aromatic amines is 1. The molecule has 2 unspecified atom stereocenters. The minimum Gasteiger partial charge on any atom is -0.453 e. The molecule has 1 fully saturated rings. The second-order valence-corrected chi connectivity index (χ2v) is 10.6. The Labute approximate surface area is 241 Å². The number of methoxy groups -OCH3 is 1. The molecular formula is C29H29Cl2N5O4. The zero-order valence-electron chi connectivity index (χ0n) is 21.9. The normalized spacial score (nSPS) is 19.5. The molecular weight excluding hydrogens is 553 g/mol. The van der Waals surface area contributed by atoms with Gasteiger partial charge in [0.15, 0.2) is 0 Å². The number of hydrogen-bond donors (Lipinski definition) is 3. The van der Waals surface area contributed by atoms with E-state index < -0.39 is 6.09 Å². The van der Waals surface area contributed by atoms with Crippen molar-refractivity contribution in [1.29, 1.82) is 0 Å². The van der Waals surface area contributed by atoms with E-state index in [2.05, 4.69) is 20.4 Å². The lowest BCUT2D eigenvalue weighted by molar-refractivity contribution is -0.136. The highest BCUT2D eigenvalue weighted by atomic mass is 35.5. The first kappa shape index (κ1) is 27.7.